The van der Waals surface area contributed by atoms with Gasteiger partial charge in [-0.05, 0) is 131 Å². The van der Waals surface area contributed by atoms with Crippen LogP contribution in [0.25, 0.3) is 43.1 Å². The van der Waals surface area contributed by atoms with E-state index in [1.54, 1.807) is 22.7 Å². The maximum absolute atomic E-state index is 2.49. The number of aryl methyl sites for hydroxylation is 3. The lowest BCUT2D eigenvalue weighted by atomic mass is 9.92. The number of hydrogen-bond donors (Lipinski definition) is 0. The van der Waals surface area contributed by atoms with Crippen molar-refractivity contribution in [2.24, 2.45) is 0 Å². The highest BCUT2D eigenvalue weighted by atomic mass is 32.1. The average molecular weight is 667 g/mol. The van der Waals surface area contributed by atoms with E-state index in [4.69, 9.17) is 0 Å². The zero-order chi connectivity index (χ0) is 33.1. The first-order chi connectivity index (χ1) is 24.0. The van der Waals surface area contributed by atoms with Gasteiger partial charge in [0, 0.05) is 32.9 Å². The minimum atomic E-state index is 1.15. The van der Waals surface area contributed by atoms with Gasteiger partial charge in [0.05, 0.1) is 21.4 Å². The maximum Gasteiger partial charge on any atom is 0.0999 e. The third-order valence-corrected chi connectivity index (χ3v) is 11.4. The Morgan fingerprint density at radius 3 is 1.35 bits per heavy atom. The van der Waals surface area contributed by atoms with Gasteiger partial charge in [-0.3, -0.25) is 0 Å². The fourth-order valence-corrected chi connectivity index (χ4v) is 8.71. The van der Waals surface area contributed by atoms with E-state index in [1.165, 1.54) is 81.2 Å². The maximum atomic E-state index is 2.49. The van der Waals surface area contributed by atoms with Gasteiger partial charge in [-0.1, -0.05) is 78.4 Å². The van der Waals surface area contributed by atoms with Crippen molar-refractivity contribution in [3.63, 3.8) is 0 Å². The Balaban J connectivity index is 1.43. The molecule has 9 rings (SSSR count). The number of anilines is 6. The van der Waals surface area contributed by atoms with E-state index in [-0.39, 0.29) is 0 Å². The summed E-state index contributed by atoms with van der Waals surface area (Å²) in [5.41, 5.74) is 8.53. The highest BCUT2D eigenvalue weighted by Crippen LogP contribution is 2.53. The van der Waals surface area contributed by atoms with Gasteiger partial charge in [0.25, 0.3) is 0 Å². The molecule has 0 spiro atoms. The first kappa shape index (κ1) is 29.7. The summed E-state index contributed by atoms with van der Waals surface area (Å²) in [6, 6.07) is 51.6. The van der Waals surface area contributed by atoms with E-state index in [0.717, 1.165) is 11.4 Å². The van der Waals surface area contributed by atoms with Crippen molar-refractivity contribution in [2.45, 2.75) is 20.8 Å². The summed E-state index contributed by atoms with van der Waals surface area (Å²) in [5, 5.41) is 16.6. The van der Waals surface area contributed by atoms with Crippen molar-refractivity contribution in [1.82, 2.24) is 0 Å². The SMILES string of the molecule is Cc1ccc2c(N(c3ccc4ccccc4c3)c3cccs3)c3cc(C)c(C)cc3c(N(c3ccc4ccccc4c3)c3cccs3)c2c1. The Bertz CT molecular complexity index is 2650. The molecule has 9 aromatic rings. The molecule has 2 nitrogen and oxygen atoms in total. The van der Waals surface area contributed by atoms with Crippen LogP contribution in [0.15, 0.2) is 150 Å². The second-order valence-corrected chi connectivity index (χ2v) is 14.7. The van der Waals surface area contributed by atoms with E-state index in [1.807, 2.05) is 0 Å². The standard InChI is InChI=1S/C45H34N2S2/c1-29-16-21-38-39(24-29)45(47(43-15-9-23-49-43)37-20-18-33-11-5-7-13-35(33)28-37)41-26-31(3)30(2)25-40(41)44(38)46(42-14-8-22-48-42)36-19-17-32-10-4-6-12-34(32)27-36/h4-28H,1-3H3. The molecule has 7 aromatic carbocycles. The minimum Gasteiger partial charge on any atom is -0.301 e. The summed E-state index contributed by atoms with van der Waals surface area (Å²) >= 11 is 3.56. The van der Waals surface area contributed by atoms with Crippen LogP contribution < -0.4 is 9.80 Å². The monoisotopic (exact) mass is 666 g/mol. The Morgan fingerprint density at radius 1 is 0.388 bits per heavy atom. The first-order valence-corrected chi connectivity index (χ1v) is 18.4. The largest absolute Gasteiger partial charge is 0.301 e. The van der Waals surface area contributed by atoms with Crippen molar-refractivity contribution >= 4 is 98.5 Å². The van der Waals surface area contributed by atoms with Gasteiger partial charge in [-0.15, -0.1) is 22.7 Å². The molecule has 0 atom stereocenters. The smallest absolute Gasteiger partial charge is 0.0999 e. The van der Waals surface area contributed by atoms with E-state index in [0.29, 0.717) is 0 Å². The third-order valence-electron chi connectivity index (χ3n) is 9.71. The quantitative estimate of drug-likeness (QED) is 0.129. The van der Waals surface area contributed by atoms with Gasteiger partial charge in [-0.2, -0.15) is 0 Å². The molecule has 0 saturated carbocycles. The van der Waals surface area contributed by atoms with Crippen LogP contribution in [0.3, 0.4) is 0 Å². The lowest BCUT2D eigenvalue weighted by Gasteiger charge is -2.32. The van der Waals surface area contributed by atoms with E-state index in [9.17, 15) is 0 Å². The number of nitrogens with zero attached hydrogens (tertiary/aromatic N) is 2. The Kier molecular flexibility index (Phi) is 7.23. The molecule has 0 radical (unpaired) electrons. The summed E-state index contributed by atoms with van der Waals surface area (Å²) < 4.78 is 0. The van der Waals surface area contributed by atoms with Crippen LogP contribution in [0.5, 0.6) is 0 Å². The van der Waals surface area contributed by atoms with Crippen LogP contribution >= 0.6 is 22.7 Å². The Morgan fingerprint density at radius 2 is 0.857 bits per heavy atom. The van der Waals surface area contributed by atoms with E-state index < -0.39 is 0 Å². The number of rotatable bonds is 6. The van der Waals surface area contributed by atoms with Crippen LogP contribution in [0.1, 0.15) is 16.7 Å². The molecule has 4 heteroatoms. The molecule has 236 valence electrons. The molecule has 0 aliphatic rings. The van der Waals surface area contributed by atoms with Gasteiger partial charge in [0.2, 0.25) is 0 Å². The van der Waals surface area contributed by atoms with Gasteiger partial charge >= 0.3 is 0 Å². The lowest BCUT2D eigenvalue weighted by molar-refractivity contribution is 1.32. The van der Waals surface area contributed by atoms with E-state index in [2.05, 4.69) is 181 Å². The molecule has 0 N–H and O–H groups in total. The molecule has 2 heterocycles. The Hall–Kier alpha value is -5.42. The predicted octanol–water partition coefficient (Wildman–Crippen LogP) is 14.3. The molecular weight excluding hydrogens is 633 g/mol. The minimum absolute atomic E-state index is 1.15. The first-order valence-electron chi connectivity index (χ1n) is 16.7. The van der Waals surface area contributed by atoms with Gasteiger partial charge in [-0.25, -0.2) is 0 Å². The van der Waals surface area contributed by atoms with Crippen molar-refractivity contribution in [1.29, 1.82) is 0 Å². The normalized spacial score (nSPS) is 11.6. The van der Waals surface area contributed by atoms with E-state index >= 15 is 0 Å². The molecular formula is C45H34N2S2. The van der Waals surface area contributed by atoms with Crippen LogP contribution in [0, 0.1) is 20.8 Å². The van der Waals surface area contributed by atoms with Gasteiger partial charge in [0.1, 0.15) is 0 Å². The van der Waals surface area contributed by atoms with Crippen molar-refractivity contribution in [2.75, 3.05) is 9.80 Å². The fourth-order valence-electron chi connectivity index (χ4n) is 7.20. The molecule has 0 amide bonds. The second-order valence-electron chi connectivity index (χ2n) is 12.9. The van der Waals surface area contributed by atoms with Crippen LogP contribution in [0.4, 0.5) is 32.8 Å². The number of fused-ring (bicyclic) bond motifs is 4. The van der Waals surface area contributed by atoms with Gasteiger partial charge < -0.3 is 9.80 Å². The number of thiophene rings is 2. The van der Waals surface area contributed by atoms with Gasteiger partial charge in [0.15, 0.2) is 0 Å². The zero-order valence-corrected chi connectivity index (χ0v) is 29.3. The topological polar surface area (TPSA) is 6.48 Å². The highest BCUT2D eigenvalue weighted by molar-refractivity contribution is 7.14. The third kappa shape index (κ3) is 5.07. The lowest BCUT2D eigenvalue weighted by Crippen LogP contribution is -2.14. The zero-order valence-electron chi connectivity index (χ0n) is 27.6. The second kappa shape index (κ2) is 11.9. The molecule has 0 bridgehead atoms. The molecule has 0 unspecified atom stereocenters. The van der Waals surface area contributed by atoms with Crippen molar-refractivity contribution in [3.8, 4) is 0 Å². The summed E-state index contributed by atoms with van der Waals surface area (Å²) in [4.78, 5) is 4.98. The van der Waals surface area contributed by atoms with Crippen molar-refractivity contribution < 1.29 is 0 Å². The van der Waals surface area contributed by atoms with Crippen molar-refractivity contribution in [3.05, 3.63) is 167 Å². The average Bonchev–Trinajstić information content (AvgIpc) is 3.86. The molecule has 0 fully saturated rings. The summed E-state index contributed by atoms with van der Waals surface area (Å²) in [5.74, 6) is 0. The molecule has 49 heavy (non-hydrogen) atoms. The van der Waals surface area contributed by atoms with Crippen LogP contribution in [-0.4, -0.2) is 0 Å². The van der Waals surface area contributed by atoms with Crippen LogP contribution in [0.2, 0.25) is 0 Å². The molecule has 0 aliphatic heterocycles. The summed E-state index contributed by atoms with van der Waals surface area (Å²) in [7, 11) is 0. The summed E-state index contributed by atoms with van der Waals surface area (Å²) in [6.07, 6.45) is 0. The molecule has 0 aliphatic carbocycles. The Labute approximate surface area is 294 Å². The predicted molar refractivity (Wildman–Crippen MR) is 216 cm³/mol. The summed E-state index contributed by atoms with van der Waals surface area (Å²) in [6.45, 7) is 6.69. The number of hydrogen-bond acceptors (Lipinski definition) is 4. The number of benzene rings is 7. The highest BCUT2D eigenvalue weighted by Gasteiger charge is 2.27. The van der Waals surface area contributed by atoms with Crippen LogP contribution in [-0.2, 0) is 0 Å². The molecule has 0 saturated heterocycles. The fraction of sp³-hybridized carbons (Fsp3) is 0.0667. The molecule has 2 aromatic heterocycles.